The van der Waals surface area contributed by atoms with E-state index in [1.54, 1.807) is 6.07 Å². The standard InChI is InChI=1S/C9H7F3N4O/c10-9(11,12)4-7-15-8(17-16-7)5-2-1-3-6(13)14-5/h1-3H,4H2,(H2,13,14). The summed E-state index contributed by atoms with van der Waals surface area (Å²) in [6.45, 7) is 0. The Bertz CT molecular complexity index is 523. The summed E-state index contributed by atoms with van der Waals surface area (Å²) in [7, 11) is 0. The first kappa shape index (κ1) is 11.4. The molecule has 0 saturated carbocycles. The number of nitrogen functional groups attached to an aromatic ring is 1. The molecule has 2 aromatic heterocycles. The zero-order valence-corrected chi connectivity index (χ0v) is 8.40. The number of nitrogens with two attached hydrogens (primary N) is 1. The Labute approximate surface area is 93.5 Å². The van der Waals surface area contributed by atoms with Crippen molar-refractivity contribution in [1.29, 1.82) is 0 Å². The third kappa shape index (κ3) is 2.92. The first-order valence-corrected chi connectivity index (χ1v) is 4.56. The Morgan fingerprint density at radius 1 is 1.24 bits per heavy atom. The molecule has 0 spiro atoms. The first-order valence-electron chi connectivity index (χ1n) is 4.56. The maximum absolute atomic E-state index is 12.1. The molecule has 0 amide bonds. The van der Waals surface area contributed by atoms with Gasteiger partial charge in [-0.15, -0.1) is 0 Å². The minimum Gasteiger partial charge on any atom is -0.384 e. The lowest BCUT2D eigenvalue weighted by Crippen LogP contribution is -2.12. The van der Waals surface area contributed by atoms with Crippen LogP contribution < -0.4 is 5.73 Å². The van der Waals surface area contributed by atoms with Gasteiger partial charge in [0.2, 0.25) is 0 Å². The van der Waals surface area contributed by atoms with E-state index in [2.05, 4.69) is 19.6 Å². The maximum Gasteiger partial charge on any atom is 0.396 e. The average Bonchev–Trinajstić information content (AvgIpc) is 2.63. The summed E-state index contributed by atoms with van der Waals surface area (Å²) < 4.78 is 40.9. The second-order valence-electron chi connectivity index (χ2n) is 3.26. The van der Waals surface area contributed by atoms with Gasteiger partial charge in [0, 0.05) is 0 Å². The molecule has 2 heterocycles. The first-order chi connectivity index (χ1) is 7.94. The van der Waals surface area contributed by atoms with Crippen molar-refractivity contribution < 1.29 is 17.7 Å². The smallest absolute Gasteiger partial charge is 0.384 e. The lowest BCUT2D eigenvalue weighted by atomic mass is 10.3. The van der Waals surface area contributed by atoms with Gasteiger partial charge in [0.25, 0.3) is 5.89 Å². The quantitative estimate of drug-likeness (QED) is 0.871. The van der Waals surface area contributed by atoms with Gasteiger partial charge in [-0.1, -0.05) is 11.2 Å². The number of aromatic nitrogens is 3. The van der Waals surface area contributed by atoms with Gasteiger partial charge in [-0.3, -0.25) is 0 Å². The molecule has 0 saturated heterocycles. The molecule has 0 aliphatic rings. The van der Waals surface area contributed by atoms with Crippen molar-refractivity contribution in [3.05, 3.63) is 24.0 Å². The predicted molar refractivity (Wildman–Crippen MR) is 51.7 cm³/mol. The van der Waals surface area contributed by atoms with Crippen LogP contribution in [0.1, 0.15) is 5.82 Å². The molecular formula is C9H7F3N4O. The monoisotopic (exact) mass is 244 g/mol. The van der Waals surface area contributed by atoms with E-state index in [1.807, 2.05) is 0 Å². The largest absolute Gasteiger partial charge is 0.396 e. The number of rotatable bonds is 2. The molecule has 0 atom stereocenters. The molecule has 5 nitrogen and oxygen atoms in total. The summed E-state index contributed by atoms with van der Waals surface area (Å²) in [6.07, 6.45) is -5.61. The van der Waals surface area contributed by atoms with Crippen LogP contribution in [0.4, 0.5) is 19.0 Å². The van der Waals surface area contributed by atoms with Gasteiger partial charge in [0.05, 0.1) is 0 Å². The molecule has 2 rings (SSSR count). The Morgan fingerprint density at radius 3 is 2.65 bits per heavy atom. The number of anilines is 1. The van der Waals surface area contributed by atoms with Crippen LogP contribution in [-0.4, -0.2) is 21.3 Å². The minimum atomic E-state index is -4.37. The topological polar surface area (TPSA) is 77.8 Å². The third-order valence-electron chi connectivity index (χ3n) is 1.82. The van der Waals surface area contributed by atoms with Gasteiger partial charge in [0.15, 0.2) is 5.82 Å². The molecule has 8 heteroatoms. The van der Waals surface area contributed by atoms with E-state index in [1.165, 1.54) is 12.1 Å². The second-order valence-corrected chi connectivity index (χ2v) is 3.26. The van der Waals surface area contributed by atoms with Crippen molar-refractivity contribution in [3.8, 4) is 11.6 Å². The lowest BCUT2D eigenvalue weighted by Gasteiger charge is -1.99. The van der Waals surface area contributed by atoms with Gasteiger partial charge in [-0.25, -0.2) is 4.98 Å². The summed E-state index contributed by atoms with van der Waals surface area (Å²) in [5, 5.41) is 3.22. The zero-order chi connectivity index (χ0) is 12.5. The summed E-state index contributed by atoms with van der Waals surface area (Å²) in [4.78, 5) is 7.44. The van der Waals surface area contributed by atoms with E-state index in [-0.39, 0.29) is 17.4 Å². The number of nitrogens with zero attached hydrogens (tertiary/aromatic N) is 3. The van der Waals surface area contributed by atoms with Gasteiger partial charge in [-0.05, 0) is 12.1 Å². The fourth-order valence-electron chi connectivity index (χ4n) is 1.18. The molecule has 0 aromatic carbocycles. The molecular weight excluding hydrogens is 237 g/mol. The van der Waals surface area contributed by atoms with Crippen molar-refractivity contribution in [1.82, 2.24) is 15.1 Å². The van der Waals surface area contributed by atoms with Crippen molar-refractivity contribution in [2.24, 2.45) is 0 Å². The summed E-state index contributed by atoms with van der Waals surface area (Å²) >= 11 is 0. The molecule has 0 bridgehead atoms. The van der Waals surface area contributed by atoms with Crippen molar-refractivity contribution in [2.75, 3.05) is 5.73 Å². The summed E-state index contributed by atoms with van der Waals surface area (Å²) in [6, 6.07) is 4.64. The lowest BCUT2D eigenvalue weighted by molar-refractivity contribution is -0.128. The van der Waals surface area contributed by atoms with E-state index in [4.69, 9.17) is 5.73 Å². The van der Waals surface area contributed by atoms with Crippen LogP contribution in [-0.2, 0) is 6.42 Å². The van der Waals surface area contributed by atoms with Crippen molar-refractivity contribution >= 4 is 5.82 Å². The molecule has 2 N–H and O–H groups in total. The van der Waals surface area contributed by atoms with E-state index in [0.29, 0.717) is 0 Å². The van der Waals surface area contributed by atoms with Crippen LogP contribution in [0, 0.1) is 0 Å². The maximum atomic E-state index is 12.1. The van der Waals surface area contributed by atoms with Gasteiger partial charge >= 0.3 is 6.18 Å². The van der Waals surface area contributed by atoms with Crippen molar-refractivity contribution in [3.63, 3.8) is 0 Å². The van der Waals surface area contributed by atoms with E-state index >= 15 is 0 Å². The molecule has 0 aliphatic carbocycles. The highest BCUT2D eigenvalue weighted by Crippen LogP contribution is 2.21. The summed E-state index contributed by atoms with van der Waals surface area (Å²) in [5.41, 5.74) is 5.67. The number of alkyl halides is 3. The number of hydrogen-bond acceptors (Lipinski definition) is 5. The Hall–Kier alpha value is -2.12. The fraction of sp³-hybridized carbons (Fsp3) is 0.222. The van der Waals surface area contributed by atoms with Crippen LogP contribution in [0.3, 0.4) is 0 Å². The van der Waals surface area contributed by atoms with Crippen LogP contribution in [0.15, 0.2) is 22.7 Å². The number of halogens is 3. The Kier molecular flexibility index (Phi) is 2.70. The summed E-state index contributed by atoms with van der Waals surface area (Å²) in [5.74, 6) is -0.300. The van der Waals surface area contributed by atoms with E-state index in [9.17, 15) is 13.2 Å². The van der Waals surface area contributed by atoms with Crippen LogP contribution in [0.5, 0.6) is 0 Å². The third-order valence-corrected chi connectivity index (χ3v) is 1.82. The predicted octanol–water partition coefficient (Wildman–Crippen LogP) is 1.82. The normalized spacial score (nSPS) is 11.7. The fourth-order valence-corrected chi connectivity index (χ4v) is 1.18. The molecule has 0 unspecified atom stereocenters. The Morgan fingerprint density at radius 2 is 2.00 bits per heavy atom. The van der Waals surface area contributed by atoms with E-state index in [0.717, 1.165) is 0 Å². The molecule has 90 valence electrons. The highest BCUT2D eigenvalue weighted by molar-refractivity contribution is 5.49. The Balaban J connectivity index is 2.24. The van der Waals surface area contributed by atoms with Crippen molar-refractivity contribution in [2.45, 2.75) is 12.6 Å². The zero-order valence-electron chi connectivity index (χ0n) is 8.40. The SMILES string of the molecule is Nc1cccc(-c2nc(CC(F)(F)F)no2)n1. The molecule has 0 aliphatic heterocycles. The van der Waals surface area contributed by atoms with Crippen LogP contribution in [0.2, 0.25) is 0 Å². The second kappa shape index (κ2) is 4.04. The molecule has 0 fully saturated rings. The average molecular weight is 244 g/mol. The number of hydrogen-bond donors (Lipinski definition) is 1. The van der Waals surface area contributed by atoms with E-state index < -0.39 is 18.4 Å². The molecule has 0 radical (unpaired) electrons. The van der Waals surface area contributed by atoms with Gasteiger partial charge < -0.3 is 10.3 Å². The molecule has 2 aromatic rings. The minimum absolute atomic E-state index is 0.0865. The van der Waals surface area contributed by atoms with Crippen LogP contribution in [0.25, 0.3) is 11.6 Å². The highest BCUT2D eigenvalue weighted by Gasteiger charge is 2.30. The molecule has 17 heavy (non-hydrogen) atoms. The van der Waals surface area contributed by atoms with Gasteiger partial charge in [-0.2, -0.15) is 18.2 Å². The van der Waals surface area contributed by atoms with Crippen LogP contribution >= 0.6 is 0 Å². The number of pyridine rings is 1. The highest BCUT2D eigenvalue weighted by atomic mass is 19.4. The van der Waals surface area contributed by atoms with Gasteiger partial charge in [0.1, 0.15) is 17.9 Å².